The molecule has 0 aromatic carbocycles. The minimum absolute atomic E-state index is 0.133. The van der Waals surface area contributed by atoms with Gasteiger partial charge in [-0.2, -0.15) is 0 Å². The molecular formula is C11H19N3O2S. The number of sulfone groups is 1. The van der Waals surface area contributed by atoms with Crippen LogP contribution in [0.4, 0.5) is 0 Å². The molecule has 0 aliphatic carbocycles. The zero-order valence-corrected chi connectivity index (χ0v) is 11.1. The lowest BCUT2D eigenvalue weighted by Crippen LogP contribution is -2.23. The topological polar surface area (TPSA) is 64.0 Å². The summed E-state index contributed by atoms with van der Waals surface area (Å²) in [6.07, 6.45) is 5.29. The van der Waals surface area contributed by atoms with Gasteiger partial charge in [-0.1, -0.05) is 0 Å². The van der Waals surface area contributed by atoms with E-state index >= 15 is 0 Å². The Morgan fingerprint density at radius 3 is 2.88 bits per heavy atom. The van der Waals surface area contributed by atoms with Crippen LogP contribution >= 0.6 is 0 Å². The van der Waals surface area contributed by atoms with Crippen LogP contribution in [-0.4, -0.2) is 36.5 Å². The molecule has 2 heterocycles. The fourth-order valence-electron chi connectivity index (χ4n) is 2.46. The van der Waals surface area contributed by atoms with Gasteiger partial charge in [0.05, 0.1) is 17.5 Å². The van der Waals surface area contributed by atoms with Gasteiger partial charge >= 0.3 is 0 Å². The maximum Gasteiger partial charge on any atom is 0.150 e. The maximum absolute atomic E-state index is 11.4. The van der Waals surface area contributed by atoms with E-state index in [4.69, 9.17) is 0 Å². The molecule has 17 heavy (non-hydrogen) atoms. The molecule has 96 valence electrons. The summed E-state index contributed by atoms with van der Waals surface area (Å²) in [6, 6.07) is 0.133. The second kappa shape index (κ2) is 4.78. The quantitative estimate of drug-likeness (QED) is 0.853. The molecule has 0 spiro atoms. The van der Waals surface area contributed by atoms with Gasteiger partial charge in [-0.3, -0.25) is 0 Å². The summed E-state index contributed by atoms with van der Waals surface area (Å²) in [6.45, 7) is 0. The second-order valence-corrected chi connectivity index (χ2v) is 6.97. The van der Waals surface area contributed by atoms with E-state index in [2.05, 4.69) is 10.3 Å². The first-order valence-electron chi connectivity index (χ1n) is 5.87. The Labute approximate surface area is 102 Å². The largest absolute Gasteiger partial charge is 0.337 e. The standard InChI is InChI=1S/C11H19N3O2S/c1-12-10(11-13-4-5-14(11)2)7-9-3-6-17(15,16)8-9/h4-5,9-10,12H,3,6-8H2,1-2H3. The van der Waals surface area contributed by atoms with Crippen molar-refractivity contribution in [3.63, 3.8) is 0 Å². The predicted octanol–water partition coefficient (Wildman–Crippen LogP) is 0.505. The lowest BCUT2D eigenvalue weighted by atomic mass is 9.99. The van der Waals surface area contributed by atoms with Gasteiger partial charge in [0.1, 0.15) is 5.82 Å². The van der Waals surface area contributed by atoms with E-state index in [0.717, 1.165) is 18.7 Å². The van der Waals surface area contributed by atoms with Gasteiger partial charge in [0, 0.05) is 19.4 Å². The zero-order valence-electron chi connectivity index (χ0n) is 10.3. The molecule has 1 aliphatic heterocycles. The third-order valence-corrected chi connectivity index (χ3v) is 5.25. The van der Waals surface area contributed by atoms with Crippen LogP contribution in [0.2, 0.25) is 0 Å². The smallest absolute Gasteiger partial charge is 0.150 e. The van der Waals surface area contributed by atoms with Crippen molar-refractivity contribution in [1.82, 2.24) is 14.9 Å². The Morgan fingerprint density at radius 1 is 1.65 bits per heavy atom. The Kier molecular flexibility index (Phi) is 3.53. The van der Waals surface area contributed by atoms with E-state index in [-0.39, 0.29) is 12.0 Å². The van der Waals surface area contributed by atoms with Crippen molar-refractivity contribution in [1.29, 1.82) is 0 Å². The molecule has 2 atom stereocenters. The molecule has 1 N–H and O–H groups in total. The van der Waals surface area contributed by atoms with Crippen molar-refractivity contribution < 1.29 is 8.42 Å². The maximum atomic E-state index is 11.4. The van der Waals surface area contributed by atoms with Crippen LogP contribution in [0, 0.1) is 5.92 Å². The fourth-order valence-corrected chi connectivity index (χ4v) is 4.34. The van der Waals surface area contributed by atoms with Crippen LogP contribution in [0.25, 0.3) is 0 Å². The van der Waals surface area contributed by atoms with Crippen molar-refractivity contribution in [2.45, 2.75) is 18.9 Å². The van der Waals surface area contributed by atoms with Gasteiger partial charge < -0.3 is 9.88 Å². The Balaban J connectivity index is 2.04. The van der Waals surface area contributed by atoms with Gasteiger partial charge in [0.25, 0.3) is 0 Å². The van der Waals surface area contributed by atoms with E-state index in [1.807, 2.05) is 24.9 Å². The molecule has 1 fully saturated rings. The molecule has 1 aromatic heterocycles. The molecule has 1 aliphatic rings. The summed E-state index contributed by atoms with van der Waals surface area (Å²) in [5.74, 6) is 1.90. The monoisotopic (exact) mass is 257 g/mol. The third kappa shape index (κ3) is 2.87. The minimum Gasteiger partial charge on any atom is -0.337 e. The van der Waals surface area contributed by atoms with Crippen LogP contribution in [0.5, 0.6) is 0 Å². The van der Waals surface area contributed by atoms with Crippen LogP contribution in [0.3, 0.4) is 0 Å². The van der Waals surface area contributed by atoms with E-state index in [1.54, 1.807) is 6.20 Å². The number of nitrogens with zero attached hydrogens (tertiary/aromatic N) is 2. The highest BCUT2D eigenvalue weighted by Gasteiger charge is 2.30. The SMILES string of the molecule is CNC(CC1CCS(=O)(=O)C1)c1nccn1C. The lowest BCUT2D eigenvalue weighted by molar-refractivity contribution is 0.415. The Hall–Kier alpha value is -0.880. The molecule has 1 aromatic rings. The molecule has 1 saturated heterocycles. The summed E-state index contributed by atoms with van der Waals surface area (Å²) >= 11 is 0. The van der Waals surface area contributed by atoms with Crippen molar-refractivity contribution in [3.05, 3.63) is 18.2 Å². The second-order valence-electron chi connectivity index (χ2n) is 4.74. The van der Waals surface area contributed by atoms with E-state index in [1.165, 1.54) is 0 Å². The predicted molar refractivity (Wildman–Crippen MR) is 66.4 cm³/mol. The number of imidazole rings is 1. The molecule has 0 amide bonds. The number of hydrogen-bond acceptors (Lipinski definition) is 4. The van der Waals surface area contributed by atoms with Gasteiger partial charge in [-0.25, -0.2) is 13.4 Å². The average molecular weight is 257 g/mol. The first-order valence-corrected chi connectivity index (χ1v) is 7.69. The molecular weight excluding hydrogens is 238 g/mol. The number of aryl methyl sites for hydroxylation is 1. The summed E-state index contributed by atoms with van der Waals surface area (Å²) in [4.78, 5) is 4.32. The van der Waals surface area contributed by atoms with Gasteiger partial charge in [0.15, 0.2) is 9.84 Å². The molecule has 0 bridgehead atoms. The summed E-state index contributed by atoms with van der Waals surface area (Å²) < 4.78 is 24.8. The number of nitrogens with one attached hydrogen (secondary N) is 1. The highest BCUT2D eigenvalue weighted by Crippen LogP contribution is 2.27. The van der Waals surface area contributed by atoms with Crippen molar-refractivity contribution >= 4 is 9.84 Å². The van der Waals surface area contributed by atoms with Gasteiger partial charge in [-0.05, 0) is 25.8 Å². The average Bonchev–Trinajstić information content (AvgIpc) is 2.81. The Morgan fingerprint density at radius 2 is 2.41 bits per heavy atom. The highest BCUT2D eigenvalue weighted by atomic mass is 32.2. The van der Waals surface area contributed by atoms with Crippen molar-refractivity contribution in [2.75, 3.05) is 18.6 Å². The molecule has 5 nitrogen and oxygen atoms in total. The van der Waals surface area contributed by atoms with E-state index < -0.39 is 9.84 Å². The first kappa shape index (κ1) is 12.6. The summed E-state index contributed by atoms with van der Waals surface area (Å²) in [7, 11) is 1.06. The van der Waals surface area contributed by atoms with Crippen molar-refractivity contribution in [3.8, 4) is 0 Å². The highest BCUT2D eigenvalue weighted by molar-refractivity contribution is 7.91. The normalized spacial score (nSPS) is 24.9. The zero-order chi connectivity index (χ0) is 12.5. The molecule has 0 radical (unpaired) electrons. The van der Waals surface area contributed by atoms with Crippen LogP contribution in [0.15, 0.2) is 12.4 Å². The Bertz CT molecular complexity index is 481. The summed E-state index contributed by atoms with van der Waals surface area (Å²) in [5.41, 5.74) is 0. The minimum atomic E-state index is -2.78. The molecule has 2 rings (SSSR count). The molecule has 6 heteroatoms. The summed E-state index contributed by atoms with van der Waals surface area (Å²) in [5, 5.41) is 3.22. The lowest BCUT2D eigenvalue weighted by Gasteiger charge is -2.19. The van der Waals surface area contributed by atoms with Crippen molar-refractivity contribution in [2.24, 2.45) is 13.0 Å². The third-order valence-electron chi connectivity index (χ3n) is 3.41. The number of hydrogen-bond donors (Lipinski definition) is 1. The van der Waals surface area contributed by atoms with Crippen LogP contribution in [0.1, 0.15) is 24.7 Å². The van der Waals surface area contributed by atoms with Gasteiger partial charge in [-0.15, -0.1) is 0 Å². The van der Waals surface area contributed by atoms with Gasteiger partial charge in [0.2, 0.25) is 0 Å². The van der Waals surface area contributed by atoms with E-state index in [0.29, 0.717) is 11.5 Å². The molecule has 2 unspecified atom stereocenters. The molecule has 0 saturated carbocycles. The van der Waals surface area contributed by atoms with Crippen LogP contribution in [-0.2, 0) is 16.9 Å². The first-order chi connectivity index (χ1) is 8.02. The van der Waals surface area contributed by atoms with Crippen LogP contribution < -0.4 is 5.32 Å². The number of aromatic nitrogens is 2. The fraction of sp³-hybridized carbons (Fsp3) is 0.727. The van der Waals surface area contributed by atoms with E-state index in [9.17, 15) is 8.42 Å². The number of rotatable bonds is 4.